The molecular formula is C22H39N5O. The summed E-state index contributed by atoms with van der Waals surface area (Å²) < 4.78 is 0. The van der Waals surface area contributed by atoms with Gasteiger partial charge in [0.2, 0.25) is 0 Å². The van der Waals surface area contributed by atoms with Gasteiger partial charge in [-0.25, -0.2) is 4.99 Å². The van der Waals surface area contributed by atoms with Crippen molar-refractivity contribution in [1.82, 2.24) is 9.88 Å². The summed E-state index contributed by atoms with van der Waals surface area (Å²) in [5, 5.41) is 15.6. The molecular weight excluding hydrogens is 350 g/mol. The molecule has 0 aliphatic heterocycles. The molecule has 0 saturated heterocycles. The molecule has 6 nitrogen and oxygen atoms in total. The van der Waals surface area contributed by atoms with Gasteiger partial charge < -0.3 is 20.7 Å². The fourth-order valence-electron chi connectivity index (χ4n) is 1.88. The molecule has 5 N–H and O–H groups in total. The molecule has 0 amide bonds. The fraction of sp³-hybridized carbons (Fsp3) is 0.455. The number of nitrogens with two attached hydrogens (primary N) is 1. The minimum atomic E-state index is 0.146. The number of aromatic amines is 1. The molecule has 0 aliphatic carbocycles. The average Bonchev–Trinajstić information content (AvgIpc) is 3.26. The van der Waals surface area contributed by atoms with Gasteiger partial charge in [-0.2, -0.15) is 0 Å². The van der Waals surface area contributed by atoms with Gasteiger partial charge in [-0.15, -0.1) is 0 Å². The minimum Gasteiger partial charge on any atom is -0.395 e. The Morgan fingerprint density at radius 2 is 1.93 bits per heavy atom. The molecule has 28 heavy (non-hydrogen) atoms. The first kappa shape index (κ1) is 27.8. The van der Waals surface area contributed by atoms with Crippen molar-refractivity contribution in [3.8, 4) is 0 Å². The zero-order chi connectivity index (χ0) is 21.8. The Bertz CT molecular complexity index is 624. The number of likely N-dealkylation sites (N-methyl/N-ethyl adjacent to an activating group) is 1. The number of rotatable bonds is 5. The van der Waals surface area contributed by atoms with Crippen LogP contribution in [0.25, 0.3) is 0 Å². The van der Waals surface area contributed by atoms with E-state index in [0.29, 0.717) is 5.69 Å². The highest BCUT2D eigenvalue weighted by molar-refractivity contribution is 5.98. The van der Waals surface area contributed by atoms with E-state index in [1.165, 1.54) is 11.1 Å². The van der Waals surface area contributed by atoms with Gasteiger partial charge in [-0.05, 0) is 44.6 Å². The molecule has 0 spiro atoms. The zero-order valence-corrected chi connectivity index (χ0v) is 18.4. The van der Waals surface area contributed by atoms with Crippen LogP contribution in [-0.2, 0) is 6.42 Å². The number of hydrogen-bond donors (Lipinski definition) is 4. The summed E-state index contributed by atoms with van der Waals surface area (Å²) in [6, 6.07) is 12.2. The third-order valence-corrected chi connectivity index (χ3v) is 3.57. The Hall–Kier alpha value is -2.44. The van der Waals surface area contributed by atoms with Crippen LogP contribution in [0.4, 0.5) is 0 Å². The number of benzene rings is 1. The van der Waals surface area contributed by atoms with Crippen LogP contribution >= 0.6 is 0 Å². The summed E-state index contributed by atoms with van der Waals surface area (Å²) in [5.74, 6) is 0.146. The first-order chi connectivity index (χ1) is 13.5. The van der Waals surface area contributed by atoms with Crippen LogP contribution in [0.3, 0.4) is 0 Å². The number of aryl methyl sites for hydroxylation is 2. The molecule has 0 unspecified atom stereocenters. The summed E-state index contributed by atoms with van der Waals surface area (Å²) in [4.78, 5) is 8.46. The van der Waals surface area contributed by atoms with Crippen LogP contribution in [0, 0.1) is 12.3 Å². The third kappa shape index (κ3) is 14.7. The molecule has 1 aromatic heterocycles. The van der Waals surface area contributed by atoms with E-state index >= 15 is 0 Å². The topological polar surface area (TPSA) is 101 Å². The van der Waals surface area contributed by atoms with Crippen molar-refractivity contribution in [2.24, 2.45) is 10.7 Å². The van der Waals surface area contributed by atoms with Crippen molar-refractivity contribution in [3.05, 3.63) is 59.4 Å². The van der Waals surface area contributed by atoms with E-state index in [-0.39, 0.29) is 12.4 Å². The molecule has 0 radical (unpaired) electrons. The maximum absolute atomic E-state index is 8.33. The van der Waals surface area contributed by atoms with Gasteiger partial charge >= 0.3 is 0 Å². The lowest BCUT2D eigenvalue weighted by Crippen LogP contribution is -2.20. The van der Waals surface area contributed by atoms with Crippen molar-refractivity contribution in [2.45, 2.75) is 41.0 Å². The molecule has 0 aliphatic rings. The number of aliphatic hydroxyl groups is 1. The van der Waals surface area contributed by atoms with Crippen molar-refractivity contribution in [1.29, 1.82) is 5.41 Å². The van der Waals surface area contributed by atoms with Crippen LogP contribution in [0.15, 0.2) is 47.6 Å². The van der Waals surface area contributed by atoms with Gasteiger partial charge in [0.1, 0.15) is 0 Å². The number of aromatic nitrogens is 1. The summed E-state index contributed by atoms with van der Waals surface area (Å²) in [6.07, 6.45) is 3.97. The van der Waals surface area contributed by atoms with Crippen molar-refractivity contribution >= 4 is 12.2 Å². The van der Waals surface area contributed by atoms with E-state index in [9.17, 15) is 0 Å². The lowest BCUT2D eigenvalue weighted by Gasteiger charge is -2.09. The van der Waals surface area contributed by atoms with Gasteiger partial charge in [0, 0.05) is 12.7 Å². The number of nitrogens with zero attached hydrogens (tertiary/aromatic N) is 2. The first-order valence-corrected chi connectivity index (χ1v) is 9.79. The largest absolute Gasteiger partial charge is 0.395 e. The summed E-state index contributed by atoms with van der Waals surface area (Å²) in [7, 11) is 1.98. The van der Waals surface area contributed by atoms with Crippen molar-refractivity contribution < 1.29 is 5.11 Å². The standard InChI is InChI=1S/C9H12.C6H8N4.C5H13NO.C2H6/c1-3-9-6-4-5-8(2)7-9;7-4-10-6(8)5-2-1-3-9-5;1-3-6(2)4-5-7;1-2/h4-7H,3H2,1-2H3;1-4,9H,(H3,7,8,10);7H,3-5H2,1-2H3;1-2H3. The molecule has 0 saturated carbocycles. The van der Waals surface area contributed by atoms with E-state index < -0.39 is 0 Å². The normalized spacial score (nSPS) is 9.57. The first-order valence-electron chi connectivity index (χ1n) is 9.79. The van der Waals surface area contributed by atoms with E-state index in [1.807, 2.05) is 20.9 Å². The van der Waals surface area contributed by atoms with Crippen LogP contribution in [0.1, 0.15) is 44.5 Å². The Morgan fingerprint density at radius 3 is 2.29 bits per heavy atom. The lowest BCUT2D eigenvalue weighted by atomic mass is 10.1. The van der Waals surface area contributed by atoms with E-state index in [4.69, 9.17) is 16.2 Å². The SMILES string of the molecule is CC.CCN(C)CCO.CCc1cccc(C)c1.N=C(N=CN)c1ccc[nH]1. The highest BCUT2D eigenvalue weighted by Crippen LogP contribution is 2.03. The van der Waals surface area contributed by atoms with Gasteiger partial charge in [0.05, 0.1) is 18.6 Å². The Morgan fingerprint density at radius 1 is 1.25 bits per heavy atom. The van der Waals surface area contributed by atoms with Crippen LogP contribution in [0.5, 0.6) is 0 Å². The molecule has 0 atom stereocenters. The third-order valence-electron chi connectivity index (χ3n) is 3.57. The highest BCUT2D eigenvalue weighted by atomic mass is 16.3. The predicted octanol–water partition coefficient (Wildman–Crippen LogP) is 3.84. The molecule has 0 fully saturated rings. The van der Waals surface area contributed by atoms with Crippen LogP contribution in [0.2, 0.25) is 0 Å². The van der Waals surface area contributed by atoms with Gasteiger partial charge in [0.15, 0.2) is 5.84 Å². The minimum absolute atomic E-state index is 0.146. The summed E-state index contributed by atoms with van der Waals surface area (Å²) >= 11 is 0. The fourth-order valence-corrected chi connectivity index (χ4v) is 1.88. The second kappa shape index (κ2) is 19.3. The molecule has 6 heteroatoms. The van der Waals surface area contributed by atoms with Gasteiger partial charge in [0.25, 0.3) is 0 Å². The Kier molecular flexibility index (Phi) is 19.2. The number of amidine groups is 1. The number of H-pyrrole nitrogens is 1. The molecule has 0 bridgehead atoms. The van der Waals surface area contributed by atoms with Crippen LogP contribution in [-0.4, -0.2) is 53.9 Å². The summed E-state index contributed by atoms with van der Waals surface area (Å²) in [6.45, 7) is 12.4. The number of aliphatic imine (C=N–C) groups is 1. The quantitative estimate of drug-likeness (QED) is 0.461. The Balaban J connectivity index is 0. The smallest absolute Gasteiger partial charge is 0.169 e. The van der Waals surface area contributed by atoms with E-state index in [2.05, 4.69) is 59.9 Å². The molecule has 1 aromatic carbocycles. The van der Waals surface area contributed by atoms with E-state index in [0.717, 1.165) is 25.8 Å². The number of aliphatic hydroxyl groups excluding tert-OH is 1. The van der Waals surface area contributed by atoms with Gasteiger partial charge in [-0.3, -0.25) is 5.41 Å². The zero-order valence-electron chi connectivity index (χ0n) is 18.4. The lowest BCUT2D eigenvalue weighted by molar-refractivity contribution is 0.227. The maximum atomic E-state index is 8.33. The molecule has 2 rings (SSSR count). The van der Waals surface area contributed by atoms with E-state index in [1.54, 1.807) is 18.3 Å². The Labute approximate surface area is 171 Å². The predicted molar refractivity (Wildman–Crippen MR) is 122 cm³/mol. The summed E-state index contributed by atoms with van der Waals surface area (Å²) in [5.41, 5.74) is 8.44. The molecule has 158 valence electrons. The number of nitrogens with one attached hydrogen (secondary N) is 2. The monoisotopic (exact) mass is 389 g/mol. The maximum Gasteiger partial charge on any atom is 0.169 e. The average molecular weight is 390 g/mol. The van der Waals surface area contributed by atoms with Gasteiger partial charge in [-0.1, -0.05) is 57.5 Å². The highest BCUT2D eigenvalue weighted by Gasteiger charge is 1.95. The second-order valence-corrected chi connectivity index (χ2v) is 5.67. The molecule has 1 heterocycles. The van der Waals surface area contributed by atoms with Crippen LogP contribution < -0.4 is 5.73 Å². The molecule has 2 aromatic rings. The second-order valence-electron chi connectivity index (χ2n) is 5.67. The van der Waals surface area contributed by atoms with Crippen molar-refractivity contribution in [3.63, 3.8) is 0 Å². The number of hydrogen-bond acceptors (Lipinski definition) is 3. The van der Waals surface area contributed by atoms with Crippen molar-refractivity contribution in [2.75, 3.05) is 26.7 Å².